The van der Waals surface area contributed by atoms with Gasteiger partial charge in [-0.25, -0.2) is 4.98 Å². The van der Waals surface area contributed by atoms with E-state index in [4.69, 9.17) is 4.74 Å². The average molecular weight is 472 g/mol. The largest absolute Gasteiger partial charge is 0.497 e. The lowest BCUT2D eigenvalue weighted by Crippen LogP contribution is -2.25. The molecule has 0 aliphatic heterocycles. The van der Waals surface area contributed by atoms with E-state index >= 15 is 0 Å². The van der Waals surface area contributed by atoms with Gasteiger partial charge in [-0.05, 0) is 53.9 Å². The van der Waals surface area contributed by atoms with E-state index in [2.05, 4.69) is 26.0 Å². The van der Waals surface area contributed by atoms with Crippen LogP contribution in [0.1, 0.15) is 15.2 Å². The van der Waals surface area contributed by atoms with Gasteiger partial charge in [-0.15, -0.1) is 11.3 Å². The predicted molar refractivity (Wildman–Crippen MR) is 119 cm³/mol. The van der Waals surface area contributed by atoms with E-state index in [1.807, 2.05) is 35.7 Å². The number of hydrogen-bond acceptors (Lipinski definition) is 6. The van der Waals surface area contributed by atoms with Gasteiger partial charge in [0.1, 0.15) is 5.75 Å². The van der Waals surface area contributed by atoms with Crippen LogP contribution < -0.4 is 9.75 Å². The van der Waals surface area contributed by atoms with Crippen LogP contribution in [0.4, 0.5) is 5.13 Å². The standard InChI is InChI=1S/C20H14BrN3O2S2/c1-26-15-7-4-13(5-8-15)19(25)24(22-12-16-3-2-10-27-16)20-23-17-9-6-14(21)11-18(17)28-20/h2-12H,1H3/b22-12+. The molecular formula is C20H14BrN3O2S2. The monoisotopic (exact) mass is 471 g/mol. The summed E-state index contributed by atoms with van der Waals surface area (Å²) in [5.74, 6) is 0.434. The fourth-order valence-corrected chi connectivity index (χ4v) is 4.55. The highest BCUT2D eigenvalue weighted by atomic mass is 79.9. The minimum atomic E-state index is -0.256. The Morgan fingerprint density at radius 2 is 2.04 bits per heavy atom. The molecule has 0 atom stereocenters. The van der Waals surface area contributed by atoms with Crippen LogP contribution in [0.3, 0.4) is 0 Å². The minimum Gasteiger partial charge on any atom is -0.497 e. The summed E-state index contributed by atoms with van der Waals surface area (Å²) in [5.41, 5.74) is 1.33. The highest BCUT2D eigenvalue weighted by molar-refractivity contribution is 9.10. The maximum atomic E-state index is 13.2. The summed E-state index contributed by atoms with van der Waals surface area (Å²) in [6.07, 6.45) is 1.67. The van der Waals surface area contributed by atoms with Crippen LogP contribution in [0.2, 0.25) is 0 Å². The Morgan fingerprint density at radius 3 is 2.75 bits per heavy atom. The van der Waals surface area contributed by atoms with Crippen molar-refractivity contribution in [3.63, 3.8) is 0 Å². The van der Waals surface area contributed by atoms with Gasteiger partial charge >= 0.3 is 0 Å². The van der Waals surface area contributed by atoms with Crippen LogP contribution in [0.25, 0.3) is 10.2 Å². The zero-order valence-corrected chi connectivity index (χ0v) is 17.9. The molecule has 8 heteroatoms. The fourth-order valence-electron chi connectivity index (χ4n) is 2.50. The summed E-state index contributed by atoms with van der Waals surface area (Å²) < 4.78 is 7.11. The van der Waals surface area contributed by atoms with E-state index in [1.54, 1.807) is 48.9 Å². The van der Waals surface area contributed by atoms with E-state index in [0.717, 1.165) is 19.6 Å². The molecule has 0 fully saturated rings. The van der Waals surface area contributed by atoms with E-state index < -0.39 is 0 Å². The molecule has 2 heterocycles. The number of thiazole rings is 1. The van der Waals surface area contributed by atoms with E-state index in [-0.39, 0.29) is 5.91 Å². The van der Waals surface area contributed by atoms with Crippen LogP contribution in [-0.4, -0.2) is 24.2 Å². The average Bonchev–Trinajstić information content (AvgIpc) is 3.37. The second-order valence-electron chi connectivity index (χ2n) is 5.71. The number of halogens is 1. The number of amides is 1. The third-order valence-corrected chi connectivity index (χ3v) is 6.19. The maximum absolute atomic E-state index is 13.2. The Labute approximate surface area is 178 Å². The minimum absolute atomic E-state index is 0.256. The number of ether oxygens (including phenoxy) is 1. The lowest BCUT2D eigenvalue weighted by Gasteiger charge is -2.14. The number of hydrazone groups is 1. The summed E-state index contributed by atoms with van der Waals surface area (Å²) in [7, 11) is 1.59. The van der Waals surface area contributed by atoms with E-state index in [9.17, 15) is 4.79 Å². The zero-order chi connectivity index (χ0) is 19.5. The molecule has 2 aromatic carbocycles. The van der Waals surface area contributed by atoms with Gasteiger partial charge in [-0.2, -0.15) is 10.1 Å². The summed E-state index contributed by atoms with van der Waals surface area (Å²) in [4.78, 5) is 18.7. The van der Waals surface area contributed by atoms with Crippen molar-refractivity contribution in [2.24, 2.45) is 5.10 Å². The highest BCUT2D eigenvalue weighted by Crippen LogP contribution is 2.32. The number of methoxy groups -OCH3 is 1. The Kier molecular flexibility index (Phi) is 5.52. The van der Waals surface area contributed by atoms with Crippen molar-refractivity contribution in [2.75, 3.05) is 12.1 Å². The first kappa shape index (κ1) is 18.8. The fraction of sp³-hybridized carbons (Fsp3) is 0.0500. The molecule has 5 nitrogen and oxygen atoms in total. The molecule has 0 radical (unpaired) electrons. The first-order valence-corrected chi connectivity index (χ1v) is 10.7. The molecule has 4 aromatic rings. The lowest BCUT2D eigenvalue weighted by atomic mass is 10.2. The lowest BCUT2D eigenvalue weighted by molar-refractivity contribution is 0.0988. The van der Waals surface area contributed by atoms with Crippen molar-refractivity contribution in [1.29, 1.82) is 0 Å². The molecule has 0 spiro atoms. The Bertz CT molecular complexity index is 1140. The van der Waals surface area contributed by atoms with Gasteiger partial charge in [0, 0.05) is 14.9 Å². The van der Waals surface area contributed by atoms with E-state index in [0.29, 0.717) is 16.4 Å². The van der Waals surface area contributed by atoms with Crippen LogP contribution in [0.15, 0.2) is 69.6 Å². The molecule has 2 aromatic heterocycles. The van der Waals surface area contributed by atoms with Crippen molar-refractivity contribution in [3.05, 3.63) is 74.9 Å². The Balaban J connectivity index is 1.74. The molecule has 1 amide bonds. The zero-order valence-electron chi connectivity index (χ0n) is 14.7. The van der Waals surface area contributed by atoms with Gasteiger partial charge in [-0.1, -0.05) is 33.3 Å². The first-order valence-electron chi connectivity index (χ1n) is 8.26. The topological polar surface area (TPSA) is 54.8 Å². The SMILES string of the molecule is COc1ccc(C(=O)N(/N=C/c2cccs2)c2nc3ccc(Br)cc3s2)cc1. The predicted octanol–water partition coefficient (Wildman–Crippen LogP) is 5.81. The molecule has 0 unspecified atom stereocenters. The molecule has 0 saturated heterocycles. The van der Waals surface area contributed by atoms with Crippen molar-refractivity contribution in [2.45, 2.75) is 0 Å². The summed E-state index contributed by atoms with van der Waals surface area (Å²) >= 11 is 6.44. The van der Waals surface area contributed by atoms with Crippen molar-refractivity contribution >= 4 is 66.1 Å². The molecule has 0 bridgehead atoms. The van der Waals surface area contributed by atoms with Crippen molar-refractivity contribution in [1.82, 2.24) is 4.98 Å². The van der Waals surface area contributed by atoms with Crippen molar-refractivity contribution < 1.29 is 9.53 Å². The van der Waals surface area contributed by atoms with Gasteiger partial charge in [0.25, 0.3) is 5.91 Å². The maximum Gasteiger partial charge on any atom is 0.280 e. The van der Waals surface area contributed by atoms with E-state index in [1.165, 1.54) is 16.3 Å². The molecule has 28 heavy (non-hydrogen) atoms. The normalized spacial score (nSPS) is 11.2. The number of benzene rings is 2. The Morgan fingerprint density at radius 1 is 1.21 bits per heavy atom. The number of carbonyl (C=O) groups is 1. The second-order valence-corrected chi connectivity index (χ2v) is 8.62. The van der Waals surface area contributed by atoms with Gasteiger partial charge < -0.3 is 4.74 Å². The first-order chi connectivity index (χ1) is 13.6. The van der Waals surface area contributed by atoms with Gasteiger partial charge in [-0.3, -0.25) is 4.79 Å². The van der Waals surface area contributed by atoms with Crippen LogP contribution in [-0.2, 0) is 0 Å². The molecule has 0 aliphatic carbocycles. The van der Waals surface area contributed by atoms with Crippen LogP contribution in [0, 0.1) is 0 Å². The van der Waals surface area contributed by atoms with Crippen molar-refractivity contribution in [3.8, 4) is 5.75 Å². The smallest absolute Gasteiger partial charge is 0.280 e. The number of nitrogens with zero attached hydrogens (tertiary/aromatic N) is 3. The number of hydrogen-bond donors (Lipinski definition) is 0. The number of thiophene rings is 1. The van der Waals surface area contributed by atoms with Gasteiger partial charge in [0.2, 0.25) is 5.13 Å². The molecule has 0 saturated carbocycles. The van der Waals surface area contributed by atoms with Gasteiger partial charge in [0.15, 0.2) is 0 Å². The summed E-state index contributed by atoms with van der Waals surface area (Å²) in [6, 6.07) is 16.7. The number of anilines is 1. The highest BCUT2D eigenvalue weighted by Gasteiger charge is 2.21. The summed E-state index contributed by atoms with van der Waals surface area (Å²) in [6.45, 7) is 0. The van der Waals surface area contributed by atoms with Crippen LogP contribution in [0.5, 0.6) is 5.75 Å². The van der Waals surface area contributed by atoms with Crippen LogP contribution >= 0.6 is 38.6 Å². The van der Waals surface area contributed by atoms with Gasteiger partial charge in [0.05, 0.1) is 23.5 Å². The quantitative estimate of drug-likeness (QED) is 0.272. The number of carbonyl (C=O) groups excluding carboxylic acids is 1. The molecular weight excluding hydrogens is 458 g/mol. The third kappa shape index (κ3) is 3.99. The second kappa shape index (κ2) is 8.22. The summed E-state index contributed by atoms with van der Waals surface area (Å²) in [5, 5.41) is 8.27. The molecule has 0 N–H and O–H groups in total. The number of aromatic nitrogens is 1. The third-order valence-electron chi connectivity index (χ3n) is 3.89. The molecule has 0 aliphatic rings. The molecule has 140 valence electrons. The Hall–Kier alpha value is -2.55. The molecule has 4 rings (SSSR count). The number of fused-ring (bicyclic) bond motifs is 1. The number of rotatable bonds is 5.